The van der Waals surface area contributed by atoms with Crippen LogP contribution in [-0.2, 0) is 16.1 Å². The van der Waals surface area contributed by atoms with Gasteiger partial charge in [0.1, 0.15) is 12.4 Å². The van der Waals surface area contributed by atoms with E-state index in [4.69, 9.17) is 29.0 Å². The molecule has 0 spiro atoms. The number of hydrogen-bond acceptors (Lipinski definition) is 6. The Morgan fingerprint density at radius 1 is 1.48 bits per heavy atom. The van der Waals surface area contributed by atoms with Crippen molar-refractivity contribution in [3.05, 3.63) is 28.8 Å². The summed E-state index contributed by atoms with van der Waals surface area (Å²) in [5.41, 5.74) is 6.69. The van der Waals surface area contributed by atoms with Crippen molar-refractivity contribution in [2.75, 3.05) is 18.1 Å². The van der Waals surface area contributed by atoms with Crippen molar-refractivity contribution < 1.29 is 9.59 Å². The Labute approximate surface area is 150 Å². The van der Waals surface area contributed by atoms with Crippen LogP contribution in [0.3, 0.4) is 0 Å². The summed E-state index contributed by atoms with van der Waals surface area (Å²) in [5, 5.41) is 7.94. The molecule has 1 fully saturated rings. The summed E-state index contributed by atoms with van der Waals surface area (Å²) in [6.45, 7) is 0.630. The number of rotatable bonds is 6. The van der Waals surface area contributed by atoms with Crippen LogP contribution in [0.5, 0.6) is 0 Å². The minimum atomic E-state index is -0.502. The van der Waals surface area contributed by atoms with Crippen molar-refractivity contribution in [3.8, 4) is 0 Å². The molecule has 25 heavy (non-hydrogen) atoms. The van der Waals surface area contributed by atoms with E-state index < -0.39 is 6.04 Å². The number of nitrogens with two attached hydrogens (primary N) is 3. The van der Waals surface area contributed by atoms with Gasteiger partial charge in [-0.25, -0.2) is 5.84 Å². The molecule has 1 aromatic carbocycles. The van der Waals surface area contributed by atoms with Crippen LogP contribution < -0.4 is 27.7 Å². The normalized spacial score (nSPS) is 17.1. The highest BCUT2D eigenvalue weighted by Gasteiger charge is 2.33. The summed E-state index contributed by atoms with van der Waals surface area (Å²) in [7, 11) is 0. The smallest absolute Gasteiger partial charge is 0.243 e. The lowest BCUT2D eigenvalue weighted by Crippen LogP contribution is -2.47. The Kier molecular flexibility index (Phi) is 6.57. The topological polar surface area (TPSA) is 143 Å². The number of nitrogens with one attached hydrogen (secondary N) is 1. The molecule has 1 saturated heterocycles. The van der Waals surface area contributed by atoms with Crippen LogP contribution in [0.4, 0.5) is 5.69 Å². The first kappa shape index (κ1) is 19.0. The van der Waals surface area contributed by atoms with E-state index in [1.807, 2.05) is 0 Å². The van der Waals surface area contributed by atoms with E-state index in [2.05, 4.69) is 10.4 Å². The second-order valence-electron chi connectivity index (χ2n) is 5.61. The van der Waals surface area contributed by atoms with E-state index >= 15 is 0 Å². The zero-order valence-corrected chi connectivity index (χ0v) is 14.4. The highest BCUT2D eigenvalue weighted by atomic mass is 35.5. The molecule has 0 bridgehead atoms. The van der Waals surface area contributed by atoms with Crippen molar-refractivity contribution in [3.63, 3.8) is 0 Å². The SMILES string of the molecule is NCC(=O)N1CCC[C@H]1C(=O)NCc1cc(Cl)ccc1N(N)/C=N\N. The largest absolute Gasteiger partial charge is 0.350 e. The summed E-state index contributed by atoms with van der Waals surface area (Å²) >= 11 is 6.03. The van der Waals surface area contributed by atoms with Gasteiger partial charge in [0.2, 0.25) is 11.8 Å². The average molecular weight is 368 g/mol. The molecule has 2 amide bonds. The van der Waals surface area contributed by atoms with Crippen LogP contribution in [0.2, 0.25) is 5.02 Å². The Hall–Kier alpha value is -2.36. The quantitative estimate of drug-likeness (QED) is 0.231. The van der Waals surface area contributed by atoms with Gasteiger partial charge in [0.25, 0.3) is 0 Å². The zero-order chi connectivity index (χ0) is 18.4. The van der Waals surface area contributed by atoms with E-state index in [1.54, 1.807) is 18.2 Å². The van der Waals surface area contributed by atoms with Crippen LogP contribution >= 0.6 is 11.6 Å². The molecule has 1 aliphatic heterocycles. The highest BCUT2D eigenvalue weighted by molar-refractivity contribution is 6.30. The fourth-order valence-electron chi connectivity index (χ4n) is 2.84. The molecule has 0 saturated carbocycles. The lowest BCUT2D eigenvalue weighted by molar-refractivity contribution is -0.137. The molecule has 2 rings (SSSR count). The maximum atomic E-state index is 12.5. The number of hydrogen-bond donors (Lipinski definition) is 4. The van der Waals surface area contributed by atoms with Gasteiger partial charge in [-0.3, -0.25) is 14.6 Å². The van der Waals surface area contributed by atoms with Crippen LogP contribution in [0.1, 0.15) is 18.4 Å². The standard InChI is InChI=1S/C15H22ClN7O2/c16-11-3-4-12(23(19)9-21-18)10(6-11)8-20-15(25)13-2-1-5-22(13)14(24)7-17/h3-4,6,9,13H,1-2,5,7-8,17-19H2,(H,20,25)/b21-9-/t13-/m0/s1. The minimum absolute atomic E-state index is 0.108. The third kappa shape index (κ3) is 4.59. The van der Waals surface area contributed by atoms with Gasteiger partial charge < -0.3 is 21.8 Å². The molecular weight excluding hydrogens is 346 g/mol. The number of likely N-dealkylation sites (tertiary alicyclic amines) is 1. The summed E-state index contributed by atoms with van der Waals surface area (Å²) in [6, 6.07) is 4.56. The van der Waals surface area contributed by atoms with Gasteiger partial charge in [-0.05, 0) is 36.6 Å². The number of carbonyl (C=O) groups is 2. The van der Waals surface area contributed by atoms with E-state index in [0.29, 0.717) is 29.2 Å². The molecule has 7 N–H and O–H groups in total. The lowest BCUT2D eigenvalue weighted by atomic mass is 10.1. The van der Waals surface area contributed by atoms with E-state index in [1.165, 1.54) is 16.2 Å². The van der Waals surface area contributed by atoms with Crippen LogP contribution in [-0.4, -0.2) is 42.2 Å². The van der Waals surface area contributed by atoms with Gasteiger partial charge in [0, 0.05) is 18.1 Å². The predicted molar refractivity (Wildman–Crippen MR) is 96.4 cm³/mol. The van der Waals surface area contributed by atoms with Gasteiger partial charge in [-0.15, -0.1) is 0 Å². The number of anilines is 1. The molecule has 0 aliphatic carbocycles. The molecule has 1 aromatic rings. The Morgan fingerprint density at radius 3 is 2.92 bits per heavy atom. The Morgan fingerprint density at radius 2 is 2.24 bits per heavy atom. The molecule has 0 radical (unpaired) electrons. The van der Waals surface area contributed by atoms with Crippen molar-refractivity contribution >= 4 is 35.4 Å². The maximum Gasteiger partial charge on any atom is 0.243 e. The number of amides is 2. The highest BCUT2D eigenvalue weighted by Crippen LogP contribution is 2.23. The molecule has 1 aliphatic rings. The summed E-state index contributed by atoms with van der Waals surface area (Å²) in [6.07, 6.45) is 2.63. The second kappa shape index (κ2) is 8.65. The maximum absolute atomic E-state index is 12.5. The fourth-order valence-corrected chi connectivity index (χ4v) is 3.03. The van der Waals surface area contributed by atoms with Crippen LogP contribution in [0.25, 0.3) is 0 Å². The second-order valence-corrected chi connectivity index (χ2v) is 6.05. The number of benzene rings is 1. The first-order valence-corrected chi connectivity index (χ1v) is 8.18. The van der Waals surface area contributed by atoms with Gasteiger partial charge >= 0.3 is 0 Å². The summed E-state index contributed by atoms with van der Waals surface area (Å²) in [4.78, 5) is 25.8. The summed E-state index contributed by atoms with van der Waals surface area (Å²) in [5.74, 6) is 10.5. The number of carbonyl (C=O) groups excluding carboxylic acids is 2. The van der Waals surface area contributed by atoms with E-state index in [9.17, 15) is 9.59 Å². The van der Waals surface area contributed by atoms with Gasteiger partial charge in [-0.1, -0.05) is 11.6 Å². The average Bonchev–Trinajstić information content (AvgIpc) is 3.09. The monoisotopic (exact) mass is 367 g/mol. The van der Waals surface area contributed by atoms with Gasteiger partial charge in [0.05, 0.1) is 12.2 Å². The predicted octanol–water partition coefficient (Wildman–Crippen LogP) is -0.512. The van der Waals surface area contributed by atoms with E-state index in [0.717, 1.165) is 6.42 Å². The first-order valence-electron chi connectivity index (χ1n) is 7.81. The van der Waals surface area contributed by atoms with Crippen molar-refractivity contribution in [2.45, 2.75) is 25.4 Å². The zero-order valence-electron chi connectivity index (χ0n) is 13.7. The Balaban J connectivity index is 2.09. The molecule has 10 heteroatoms. The Bertz CT molecular complexity index is 667. The van der Waals surface area contributed by atoms with Crippen molar-refractivity contribution in [2.24, 2.45) is 22.5 Å². The number of halogens is 1. The molecule has 0 aromatic heterocycles. The number of hydrazine groups is 1. The summed E-state index contributed by atoms with van der Waals surface area (Å²) < 4.78 is 0. The number of hydrazone groups is 1. The molecule has 0 unspecified atom stereocenters. The van der Waals surface area contributed by atoms with Crippen molar-refractivity contribution in [1.82, 2.24) is 10.2 Å². The molecule has 136 valence electrons. The third-order valence-corrected chi connectivity index (χ3v) is 4.25. The molecular formula is C15H22ClN7O2. The third-order valence-electron chi connectivity index (χ3n) is 4.01. The van der Waals surface area contributed by atoms with Crippen molar-refractivity contribution in [1.29, 1.82) is 0 Å². The fraction of sp³-hybridized carbons (Fsp3) is 0.400. The lowest BCUT2D eigenvalue weighted by Gasteiger charge is -2.24. The van der Waals surface area contributed by atoms with E-state index in [-0.39, 0.29) is 24.9 Å². The molecule has 9 nitrogen and oxygen atoms in total. The van der Waals surface area contributed by atoms with Crippen LogP contribution in [0, 0.1) is 0 Å². The first-order chi connectivity index (χ1) is 12.0. The molecule has 1 atom stereocenters. The molecule has 1 heterocycles. The van der Waals surface area contributed by atoms with Crippen LogP contribution in [0.15, 0.2) is 23.3 Å². The number of nitrogens with zero attached hydrogens (tertiary/aromatic N) is 3. The minimum Gasteiger partial charge on any atom is -0.350 e. The van der Waals surface area contributed by atoms with Gasteiger partial charge in [-0.2, -0.15) is 5.10 Å². The van der Waals surface area contributed by atoms with Gasteiger partial charge in [0.15, 0.2) is 0 Å².